The molecule has 0 saturated carbocycles. The first kappa shape index (κ1) is 21.5. The van der Waals surface area contributed by atoms with Gasteiger partial charge in [0.1, 0.15) is 22.3 Å². The number of thiophene rings is 1. The number of sulfonamides is 1. The lowest BCUT2D eigenvalue weighted by atomic mass is 10.0. The SMILES string of the molecule is COc1cccc(-c2c(C)sc3nc(C#N)cc(NS(=O)(=O)c4cccc(I)c4)c23)c1. The first-order chi connectivity index (χ1) is 14.8. The van der Waals surface area contributed by atoms with Crippen molar-refractivity contribution in [1.82, 2.24) is 4.98 Å². The lowest BCUT2D eigenvalue weighted by molar-refractivity contribution is 0.415. The van der Waals surface area contributed by atoms with E-state index in [2.05, 4.69) is 32.3 Å². The Morgan fingerprint density at radius 3 is 2.65 bits per heavy atom. The number of aryl methyl sites for hydroxylation is 1. The van der Waals surface area contributed by atoms with E-state index in [1.807, 2.05) is 43.3 Å². The summed E-state index contributed by atoms with van der Waals surface area (Å²) in [5.74, 6) is 0.693. The molecule has 0 aliphatic heterocycles. The van der Waals surface area contributed by atoms with Crippen molar-refractivity contribution in [3.63, 3.8) is 0 Å². The maximum absolute atomic E-state index is 13.1. The van der Waals surface area contributed by atoms with E-state index >= 15 is 0 Å². The van der Waals surface area contributed by atoms with Gasteiger partial charge in [0.25, 0.3) is 10.0 Å². The molecule has 0 unspecified atom stereocenters. The van der Waals surface area contributed by atoms with Crippen molar-refractivity contribution in [2.45, 2.75) is 11.8 Å². The van der Waals surface area contributed by atoms with Crippen molar-refractivity contribution in [3.8, 4) is 22.9 Å². The van der Waals surface area contributed by atoms with E-state index < -0.39 is 10.0 Å². The number of hydrogen-bond acceptors (Lipinski definition) is 6. The lowest BCUT2D eigenvalue weighted by Crippen LogP contribution is -2.13. The number of nitrogens with zero attached hydrogens (tertiary/aromatic N) is 2. The average molecular weight is 561 g/mol. The number of methoxy groups -OCH3 is 1. The van der Waals surface area contributed by atoms with E-state index in [0.29, 0.717) is 21.7 Å². The first-order valence-corrected chi connectivity index (χ1v) is 12.5. The van der Waals surface area contributed by atoms with E-state index in [1.165, 1.54) is 23.5 Å². The molecule has 0 aliphatic carbocycles. The quantitative estimate of drug-likeness (QED) is 0.323. The largest absolute Gasteiger partial charge is 0.497 e. The van der Waals surface area contributed by atoms with Crippen LogP contribution in [-0.2, 0) is 10.0 Å². The van der Waals surface area contributed by atoms with Crippen LogP contribution in [0.5, 0.6) is 5.75 Å². The van der Waals surface area contributed by atoms with Gasteiger partial charge in [-0.3, -0.25) is 4.72 Å². The molecule has 2 aromatic carbocycles. The Morgan fingerprint density at radius 2 is 1.94 bits per heavy atom. The molecule has 0 saturated heterocycles. The molecule has 6 nitrogen and oxygen atoms in total. The molecule has 9 heteroatoms. The summed E-state index contributed by atoms with van der Waals surface area (Å²) in [7, 11) is -2.27. The number of ether oxygens (including phenoxy) is 1. The summed E-state index contributed by atoms with van der Waals surface area (Å²) < 4.78 is 35.1. The summed E-state index contributed by atoms with van der Waals surface area (Å²) in [6, 6.07) is 17.7. The van der Waals surface area contributed by atoms with Gasteiger partial charge >= 0.3 is 0 Å². The van der Waals surface area contributed by atoms with Gasteiger partial charge in [-0.05, 0) is 71.5 Å². The molecule has 0 atom stereocenters. The van der Waals surface area contributed by atoms with Crippen molar-refractivity contribution < 1.29 is 13.2 Å². The highest BCUT2D eigenvalue weighted by Gasteiger charge is 2.22. The fraction of sp³-hybridized carbons (Fsp3) is 0.0909. The van der Waals surface area contributed by atoms with Crippen LogP contribution in [0.25, 0.3) is 21.3 Å². The zero-order valence-electron chi connectivity index (χ0n) is 16.5. The van der Waals surface area contributed by atoms with Crippen molar-refractivity contribution >= 4 is 59.9 Å². The van der Waals surface area contributed by atoms with Gasteiger partial charge in [0.15, 0.2) is 0 Å². The van der Waals surface area contributed by atoms with Gasteiger partial charge in [-0.25, -0.2) is 13.4 Å². The van der Waals surface area contributed by atoms with Crippen LogP contribution in [0.3, 0.4) is 0 Å². The monoisotopic (exact) mass is 561 g/mol. The number of halogens is 1. The summed E-state index contributed by atoms with van der Waals surface area (Å²) in [6.07, 6.45) is 0. The minimum Gasteiger partial charge on any atom is -0.497 e. The topological polar surface area (TPSA) is 92.1 Å². The van der Waals surface area contributed by atoms with Gasteiger partial charge in [-0.15, -0.1) is 11.3 Å². The van der Waals surface area contributed by atoms with Crippen LogP contribution in [0.15, 0.2) is 59.5 Å². The summed E-state index contributed by atoms with van der Waals surface area (Å²) >= 11 is 3.49. The zero-order valence-corrected chi connectivity index (χ0v) is 20.3. The summed E-state index contributed by atoms with van der Waals surface area (Å²) in [6.45, 7) is 1.95. The predicted octanol–water partition coefficient (Wildman–Crippen LogP) is 5.56. The third-order valence-corrected chi connectivity index (χ3v) is 7.69. The normalized spacial score (nSPS) is 11.3. The number of benzene rings is 2. The molecule has 0 aliphatic rings. The van der Waals surface area contributed by atoms with E-state index in [-0.39, 0.29) is 10.6 Å². The van der Waals surface area contributed by atoms with Crippen LogP contribution in [0.4, 0.5) is 5.69 Å². The molecule has 2 heterocycles. The van der Waals surface area contributed by atoms with E-state index in [1.54, 1.807) is 19.2 Å². The number of hydrogen-bond donors (Lipinski definition) is 1. The second-order valence-corrected chi connectivity index (χ2v) is 10.8. The highest BCUT2D eigenvalue weighted by molar-refractivity contribution is 14.1. The Bertz CT molecular complexity index is 1460. The maximum atomic E-state index is 13.1. The third kappa shape index (κ3) is 4.23. The van der Waals surface area contributed by atoms with Gasteiger partial charge in [-0.2, -0.15) is 5.26 Å². The van der Waals surface area contributed by atoms with Crippen molar-refractivity contribution in [2.24, 2.45) is 0 Å². The highest BCUT2D eigenvalue weighted by Crippen LogP contribution is 2.42. The van der Waals surface area contributed by atoms with Gasteiger partial charge in [0.05, 0.1) is 17.7 Å². The molecule has 1 N–H and O–H groups in total. The Morgan fingerprint density at radius 1 is 1.16 bits per heavy atom. The molecule has 31 heavy (non-hydrogen) atoms. The fourth-order valence-electron chi connectivity index (χ4n) is 3.31. The van der Waals surface area contributed by atoms with Gasteiger partial charge in [-0.1, -0.05) is 18.2 Å². The van der Waals surface area contributed by atoms with Crippen LogP contribution in [-0.4, -0.2) is 20.5 Å². The molecule has 0 bridgehead atoms. The Balaban J connectivity index is 1.95. The lowest BCUT2D eigenvalue weighted by Gasteiger charge is -2.12. The van der Waals surface area contributed by atoms with Crippen molar-refractivity contribution in [2.75, 3.05) is 11.8 Å². The number of nitrogens with one attached hydrogen (secondary N) is 1. The van der Waals surface area contributed by atoms with Crippen LogP contribution in [0.1, 0.15) is 10.6 Å². The van der Waals surface area contributed by atoms with Gasteiger partial charge < -0.3 is 4.74 Å². The molecule has 2 aromatic heterocycles. The number of rotatable bonds is 5. The Hall–Kier alpha value is -2.68. The minimum absolute atomic E-state index is 0.145. The number of aromatic nitrogens is 1. The molecule has 0 amide bonds. The molecule has 0 spiro atoms. The summed E-state index contributed by atoms with van der Waals surface area (Å²) in [5.41, 5.74) is 2.20. The van der Waals surface area contributed by atoms with Crippen LogP contribution in [0.2, 0.25) is 0 Å². The second-order valence-electron chi connectivity index (χ2n) is 6.68. The average Bonchev–Trinajstić information content (AvgIpc) is 3.09. The van der Waals surface area contributed by atoms with Crippen LogP contribution >= 0.6 is 33.9 Å². The maximum Gasteiger partial charge on any atom is 0.261 e. The van der Waals surface area contributed by atoms with Crippen LogP contribution < -0.4 is 9.46 Å². The van der Waals surface area contributed by atoms with E-state index in [9.17, 15) is 13.7 Å². The Labute approximate surface area is 197 Å². The smallest absolute Gasteiger partial charge is 0.261 e. The summed E-state index contributed by atoms with van der Waals surface area (Å²) in [4.78, 5) is 6.11. The third-order valence-electron chi connectivity index (χ3n) is 4.66. The van der Waals surface area contributed by atoms with Crippen LogP contribution in [0, 0.1) is 21.8 Å². The predicted molar refractivity (Wildman–Crippen MR) is 131 cm³/mol. The standard InChI is InChI=1S/C22H16IN3O3S2/c1-13-20(14-5-3-7-17(9-14)29-2)21-19(11-16(12-24)25-22(21)30-13)26-31(27,28)18-8-4-6-15(23)10-18/h3-11H,1-2H3,(H,25,26). The van der Waals surface area contributed by atoms with E-state index in [4.69, 9.17) is 4.74 Å². The second kappa shape index (κ2) is 8.45. The van der Waals surface area contributed by atoms with Gasteiger partial charge in [0.2, 0.25) is 0 Å². The molecule has 156 valence electrons. The summed E-state index contributed by atoms with van der Waals surface area (Å²) in [5, 5.41) is 10.1. The number of pyridine rings is 1. The molecule has 4 aromatic rings. The van der Waals surface area contributed by atoms with Gasteiger partial charge in [0, 0.05) is 19.4 Å². The number of nitriles is 1. The molecular formula is C22H16IN3O3S2. The molecule has 0 radical (unpaired) electrons. The van der Waals surface area contributed by atoms with Crippen molar-refractivity contribution in [1.29, 1.82) is 5.26 Å². The molecule has 0 fully saturated rings. The molecular weight excluding hydrogens is 545 g/mol. The number of fused-ring (bicyclic) bond motifs is 1. The number of anilines is 1. The fourth-order valence-corrected chi connectivity index (χ4v) is 6.24. The zero-order chi connectivity index (χ0) is 22.2. The highest BCUT2D eigenvalue weighted by atomic mass is 127. The molecule has 4 rings (SSSR count). The Kier molecular flexibility index (Phi) is 5.88. The van der Waals surface area contributed by atoms with Crippen molar-refractivity contribution in [3.05, 3.63) is 68.7 Å². The minimum atomic E-state index is -3.87. The van der Waals surface area contributed by atoms with E-state index in [0.717, 1.165) is 19.6 Å². The first-order valence-electron chi connectivity index (χ1n) is 9.09.